The minimum atomic E-state index is -1.45. The molecular formula is C35H24ClN3O4. The van der Waals surface area contributed by atoms with Gasteiger partial charge in [-0.05, 0) is 65.2 Å². The van der Waals surface area contributed by atoms with Crippen LogP contribution in [0.15, 0.2) is 103 Å². The second-order valence-corrected chi connectivity index (χ2v) is 11.2. The number of nitrogens with zero attached hydrogens (tertiary/aromatic N) is 2. The Morgan fingerprint density at radius 2 is 1.65 bits per heavy atom. The van der Waals surface area contributed by atoms with Crippen molar-refractivity contribution in [2.45, 2.75) is 17.5 Å². The molecule has 0 aromatic heterocycles. The van der Waals surface area contributed by atoms with Crippen LogP contribution in [0.3, 0.4) is 0 Å². The molecular weight excluding hydrogens is 562 g/mol. The van der Waals surface area contributed by atoms with Crippen molar-refractivity contribution >= 4 is 40.8 Å². The summed E-state index contributed by atoms with van der Waals surface area (Å²) in [5, 5.41) is 12.7. The molecule has 4 unspecified atom stereocenters. The molecule has 4 aromatic rings. The number of nitriles is 1. The minimum absolute atomic E-state index is 0.228. The number of fused-ring (bicyclic) bond motifs is 6. The zero-order valence-corrected chi connectivity index (χ0v) is 23.5. The summed E-state index contributed by atoms with van der Waals surface area (Å²) in [7, 11) is 0. The van der Waals surface area contributed by atoms with Crippen molar-refractivity contribution in [1.82, 2.24) is 4.90 Å². The van der Waals surface area contributed by atoms with Crippen molar-refractivity contribution in [3.63, 3.8) is 0 Å². The number of halogens is 1. The number of hydrogen-bond acceptors (Lipinski definition) is 6. The number of ketones is 2. The monoisotopic (exact) mass is 585 g/mol. The van der Waals surface area contributed by atoms with Crippen LogP contribution in [-0.4, -0.2) is 35.0 Å². The van der Waals surface area contributed by atoms with Crippen LogP contribution < -0.4 is 10.1 Å². The fraction of sp³-hybridized carbons (Fsp3) is 0.143. The Bertz CT molecular complexity index is 1880. The fourth-order valence-electron chi connectivity index (χ4n) is 7.03. The van der Waals surface area contributed by atoms with Crippen LogP contribution in [0.2, 0.25) is 5.02 Å². The average molecular weight is 586 g/mol. The maximum absolute atomic E-state index is 14.8. The normalized spacial score (nSPS) is 22.7. The molecule has 1 amide bonds. The zero-order chi connectivity index (χ0) is 29.7. The highest BCUT2D eigenvalue weighted by molar-refractivity contribution is 6.30. The van der Waals surface area contributed by atoms with Gasteiger partial charge in [0.25, 0.3) is 0 Å². The zero-order valence-electron chi connectivity index (χ0n) is 22.7. The molecule has 8 heteroatoms. The minimum Gasteiger partial charge on any atom is -0.478 e. The molecule has 0 saturated carbocycles. The van der Waals surface area contributed by atoms with Crippen molar-refractivity contribution < 1.29 is 19.1 Å². The summed E-state index contributed by atoms with van der Waals surface area (Å²) in [5.41, 5.74) is 2.15. The van der Waals surface area contributed by atoms with E-state index < -0.39 is 23.4 Å². The second kappa shape index (κ2) is 10.3. The second-order valence-electron chi connectivity index (χ2n) is 10.8. The van der Waals surface area contributed by atoms with E-state index in [-0.39, 0.29) is 35.4 Å². The number of benzene rings is 4. The lowest BCUT2D eigenvalue weighted by molar-refractivity contribution is -0.122. The molecule has 1 N–H and O–H groups in total. The number of amides is 1. The van der Waals surface area contributed by atoms with E-state index in [1.807, 2.05) is 71.8 Å². The number of carbonyl (C=O) groups excluding carboxylic acids is 3. The van der Waals surface area contributed by atoms with Gasteiger partial charge in [-0.1, -0.05) is 66.2 Å². The van der Waals surface area contributed by atoms with Crippen molar-refractivity contribution in [2.75, 3.05) is 11.9 Å². The van der Waals surface area contributed by atoms with Crippen LogP contribution in [0, 0.1) is 17.2 Å². The van der Waals surface area contributed by atoms with Crippen LogP contribution in [0.4, 0.5) is 5.69 Å². The molecule has 210 valence electrons. The summed E-state index contributed by atoms with van der Waals surface area (Å²) in [6.07, 6.45) is 3.73. The van der Waals surface area contributed by atoms with Crippen LogP contribution in [-0.2, 0) is 10.2 Å². The van der Waals surface area contributed by atoms with Gasteiger partial charge in [-0.15, -0.1) is 0 Å². The van der Waals surface area contributed by atoms with Crippen LogP contribution in [0.1, 0.15) is 43.4 Å². The molecule has 7 rings (SSSR count). The maximum Gasteiger partial charge on any atom is 0.238 e. The molecule has 4 atom stereocenters. The van der Waals surface area contributed by atoms with Gasteiger partial charge in [0.15, 0.2) is 18.2 Å². The maximum atomic E-state index is 14.8. The van der Waals surface area contributed by atoms with Crippen LogP contribution >= 0.6 is 11.6 Å². The molecule has 3 aliphatic rings. The number of anilines is 1. The highest BCUT2D eigenvalue weighted by atomic mass is 35.5. The van der Waals surface area contributed by atoms with Crippen molar-refractivity contribution in [3.05, 3.63) is 136 Å². The third-order valence-electron chi connectivity index (χ3n) is 8.70. The highest BCUT2D eigenvalue weighted by Gasteiger charge is 2.70. The van der Waals surface area contributed by atoms with Crippen molar-refractivity contribution in [3.8, 4) is 11.8 Å². The van der Waals surface area contributed by atoms with Gasteiger partial charge in [0, 0.05) is 22.5 Å². The first kappa shape index (κ1) is 26.7. The molecule has 1 spiro atoms. The first-order valence-electron chi connectivity index (χ1n) is 13.8. The molecule has 3 heterocycles. The number of ether oxygens (including phenoxy) is 1. The Morgan fingerprint density at radius 3 is 2.47 bits per heavy atom. The number of nitrogens with one attached hydrogen (secondary N) is 1. The summed E-state index contributed by atoms with van der Waals surface area (Å²) in [6.45, 7) is -0.249. The van der Waals surface area contributed by atoms with Gasteiger partial charge in [0.05, 0.1) is 17.5 Å². The Morgan fingerprint density at radius 1 is 0.930 bits per heavy atom. The standard InChI is InChI=1S/C35H24ClN3O4/c36-23-15-13-22(14-16-23)31(40)29-30(32(41)25-9-3-6-12-28(25)43-20-18-37)39-19-17-21-7-1-2-8-24(21)33(39)35(29)26-10-4-5-11-27(26)38-34(35)42/h1-17,19,29-30,33H,20H2,(H,38,42). The van der Waals surface area contributed by atoms with Gasteiger partial charge in [-0.2, -0.15) is 5.26 Å². The van der Waals surface area contributed by atoms with E-state index in [1.54, 1.807) is 48.5 Å². The van der Waals surface area contributed by atoms with E-state index in [9.17, 15) is 14.4 Å². The smallest absolute Gasteiger partial charge is 0.238 e. The lowest BCUT2D eigenvalue weighted by Gasteiger charge is -2.38. The van der Waals surface area contributed by atoms with Gasteiger partial charge in [0.2, 0.25) is 5.91 Å². The molecule has 1 saturated heterocycles. The van der Waals surface area contributed by atoms with E-state index >= 15 is 0 Å². The van der Waals surface area contributed by atoms with E-state index in [0.29, 0.717) is 21.8 Å². The predicted octanol–water partition coefficient (Wildman–Crippen LogP) is 6.22. The Balaban J connectivity index is 1.52. The van der Waals surface area contributed by atoms with Gasteiger partial charge < -0.3 is 15.0 Å². The van der Waals surface area contributed by atoms with Crippen molar-refractivity contribution in [2.24, 2.45) is 5.92 Å². The van der Waals surface area contributed by atoms with E-state index in [4.69, 9.17) is 21.6 Å². The van der Waals surface area contributed by atoms with E-state index in [1.165, 1.54) is 0 Å². The SMILES string of the molecule is N#CCOc1ccccc1C(=O)C1C(C(=O)c2ccc(Cl)cc2)C2(C(=O)Nc3ccccc32)C2c3ccccc3C=CN12. The number of hydrogen-bond donors (Lipinski definition) is 1. The van der Waals surface area contributed by atoms with Gasteiger partial charge >= 0.3 is 0 Å². The lowest BCUT2D eigenvalue weighted by atomic mass is 9.62. The topological polar surface area (TPSA) is 99.5 Å². The summed E-state index contributed by atoms with van der Waals surface area (Å²) in [4.78, 5) is 46.0. The predicted molar refractivity (Wildman–Crippen MR) is 162 cm³/mol. The number of carbonyl (C=O) groups is 3. The summed E-state index contributed by atoms with van der Waals surface area (Å²) in [5.74, 6) is -1.97. The summed E-state index contributed by atoms with van der Waals surface area (Å²) in [6, 6.07) is 28.5. The quantitative estimate of drug-likeness (QED) is 0.270. The van der Waals surface area contributed by atoms with E-state index in [0.717, 1.165) is 11.1 Å². The molecule has 0 radical (unpaired) electrons. The van der Waals surface area contributed by atoms with E-state index in [2.05, 4.69) is 5.32 Å². The molecule has 1 fully saturated rings. The van der Waals surface area contributed by atoms with Crippen LogP contribution in [0.5, 0.6) is 5.75 Å². The number of rotatable bonds is 6. The first-order valence-corrected chi connectivity index (χ1v) is 14.2. The van der Waals surface area contributed by atoms with Crippen molar-refractivity contribution in [1.29, 1.82) is 5.26 Å². The van der Waals surface area contributed by atoms with Gasteiger partial charge in [-0.3, -0.25) is 14.4 Å². The molecule has 7 nitrogen and oxygen atoms in total. The Kier molecular flexibility index (Phi) is 6.37. The number of Topliss-reactive ketones (excluding diaryl/α,β-unsaturated/α-hetero) is 2. The first-order chi connectivity index (χ1) is 21.0. The third-order valence-corrected chi connectivity index (χ3v) is 8.95. The highest BCUT2D eigenvalue weighted by Crippen LogP contribution is 2.62. The molecule has 43 heavy (non-hydrogen) atoms. The van der Waals surface area contributed by atoms with Gasteiger partial charge in [0.1, 0.15) is 23.3 Å². The van der Waals surface area contributed by atoms with Crippen LogP contribution in [0.25, 0.3) is 6.08 Å². The lowest BCUT2D eigenvalue weighted by Crippen LogP contribution is -2.49. The largest absolute Gasteiger partial charge is 0.478 e. The third kappa shape index (κ3) is 3.91. The average Bonchev–Trinajstić information content (AvgIpc) is 3.52. The number of para-hydroxylation sites is 2. The summed E-state index contributed by atoms with van der Waals surface area (Å²) < 4.78 is 5.65. The Labute approximate surface area is 253 Å². The fourth-order valence-corrected chi connectivity index (χ4v) is 7.15. The molecule has 0 aliphatic carbocycles. The van der Waals surface area contributed by atoms with Gasteiger partial charge in [-0.25, -0.2) is 0 Å². The summed E-state index contributed by atoms with van der Waals surface area (Å²) >= 11 is 6.18. The molecule has 4 aromatic carbocycles. The molecule has 3 aliphatic heterocycles. The Hall–Kier alpha value is -5.19. The molecule has 0 bridgehead atoms.